The summed E-state index contributed by atoms with van der Waals surface area (Å²) in [5, 5.41) is 0.469. The predicted molar refractivity (Wildman–Crippen MR) is 133 cm³/mol. The van der Waals surface area contributed by atoms with E-state index >= 15 is 0 Å². The van der Waals surface area contributed by atoms with Gasteiger partial charge in [-0.15, -0.1) is 0 Å². The van der Waals surface area contributed by atoms with Crippen LogP contribution in [0.5, 0.6) is 5.75 Å². The number of carbonyl (C=O) groups excluding carboxylic acids is 1. The summed E-state index contributed by atoms with van der Waals surface area (Å²) in [6, 6.07) is 20.4. The molecular weight excluding hydrogens is 428 g/mol. The number of rotatable bonds is 5. The average Bonchev–Trinajstić information content (AvgIpc) is 2.82. The second kappa shape index (κ2) is 9.18. The third-order valence-electron chi connectivity index (χ3n) is 5.78. The maximum absolute atomic E-state index is 13.4. The van der Waals surface area contributed by atoms with Crippen molar-refractivity contribution >= 4 is 16.9 Å². The lowest BCUT2D eigenvalue weighted by atomic mass is 9.86. The first-order valence-electron chi connectivity index (χ1n) is 11.2. The standard InChI is InChI=1S/C29H28O5/c1-18-6-15-23-24(16-18)34-26(20-11-13-22(14-12-20)29(2,3)4)27(25(23)30)33-17-19-7-9-21(10-8-19)28(31)32-5/h6-16H,17H2,1-5H3. The van der Waals surface area contributed by atoms with E-state index in [1.807, 2.05) is 43.3 Å². The molecule has 0 atom stereocenters. The van der Waals surface area contributed by atoms with Crippen LogP contribution < -0.4 is 10.2 Å². The summed E-state index contributed by atoms with van der Waals surface area (Å²) in [7, 11) is 1.34. The molecule has 1 heterocycles. The van der Waals surface area contributed by atoms with Gasteiger partial charge >= 0.3 is 5.97 Å². The SMILES string of the molecule is COC(=O)c1ccc(COc2c(-c3ccc(C(C)(C)C)cc3)oc3cc(C)ccc3c2=O)cc1. The van der Waals surface area contributed by atoms with Gasteiger partial charge in [0.25, 0.3) is 0 Å². The average molecular weight is 457 g/mol. The molecule has 0 unspecified atom stereocenters. The fourth-order valence-electron chi connectivity index (χ4n) is 3.74. The van der Waals surface area contributed by atoms with Crippen LogP contribution in [0.4, 0.5) is 0 Å². The van der Waals surface area contributed by atoms with Crippen molar-refractivity contribution in [3.63, 3.8) is 0 Å². The van der Waals surface area contributed by atoms with E-state index < -0.39 is 5.97 Å². The van der Waals surface area contributed by atoms with Gasteiger partial charge in [0.05, 0.1) is 18.1 Å². The highest BCUT2D eigenvalue weighted by molar-refractivity contribution is 5.89. The topological polar surface area (TPSA) is 65.7 Å². The Balaban J connectivity index is 1.75. The minimum atomic E-state index is -0.404. The highest BCUT2D eigenvalue weighted by atomic mass is 16.5. The Morgan fingerprint density at radius 1 is 0.941 bits per heavy atom. The van der Waals surface area contributed by atoms with E-state index in [1.165, 1.54) is 12.7 Å². The molecule has 4 aromatic rings. The zero-order valence-electron chi connectivity index (χ0n) is 20.1. The number of benzene rings is 3. The van der Waals surface area contributed by atoms with Gasteiger partial charge in [0.2, 0.25) is 11.2 Å². The normalized spacial score (nSPS) is 11.4. The summed E-state index contributed by atoms with van der Waals surface area (Å²) in [5.74, 6) is 0.158. The van der Waals surface area contributed by atoms with Gasteiger partial charge in [-0.3, -0.25) is 4.79 Å². The highest BCUT2D eigenvalue weighted by Gasteiger charge is 2.20. The molecular formula is C29H28O5. The van der Waals surface area contributed by atoms with Crippen molar-refractivity contribution < 1.29 is 18.7 Å². The van der Waals surface area contributed by atoms with Crippen LogP contribution in [0.1, 0.15) is 47.8 Å². The number of hydrogen-bond acceptors (Lipinski definition) is 5. The summed E-state index contributed by atoms with van der Waals surface area (Å²) in [5.41, 5.74) is 4.53. The summed E-state index contributed by atoms with van der Waals surface area (Å²) in [6.07, 6.45) is 0. The van der Waals surface area contributed by atoms with Crippen LogP contribution in [-0.2, 0) is 16.8 Å². The van der Waals surface area contributed by atoms with Crippen LogP contribution in [0.2, 0.25) is 0 Å². The molecule has 174 valence electrons. The van der Waals surface area contributed by atoms with Crippen molar-refractivity contribution in [3.05, 3.63) is 99.2 Å². The molecule has 0 bridgehead atoms. The predicted octanol–water partition coefficient (Wildman–Crippen LogP) is 6.43. The Kier molecular flexibility index (Phi) is 6.29. The molecule has 0 aliphatic heterocycles. The Hall–Kier alpha value is -3.86. The highest BCUT2D eigenvalue weighted by Crippen LogP contribution is 2.33. The van der Waals surface area contributed by atoms with Gasteiger partial charge in [0, 0.05) is 5.56 Å². The molecule has 0 saturated heterocycles. The third-order valence-corrected chi connectivity index (χ3v) is 5.78. The number of carbonyl (C=O) groups is 1. The van der Waals surface area contributed by atoms with Gasteiger partial charge in [-0.1, -0.05) is 63.2 Å². The van der Waals surface area contributed by atoms with Crippen LogP contribution in [0, 0.1) is 6.92 Å². The van der Waals surface area contributed by atoms with Gasteiger partial charge in [-0.05, 0) is 53.3 Å². The van der Waals surface area contributed by atoms with Crippen molar-refractivity contribution in [2.24, 2.45) is 0 Å². The van der Waals surface area contributed by atoms with E-state index in [0.717, 1.165) is 16.7 Å². The molecule has 5 heteroatoms. The van der Waals surface area contributed by atoms with Crippen molar-refractivity contribution in [2.45, 2.75) is 39.7 Å². The largest absolute Gasteiger partial charge is 0.481 e. The van der Waals surface area contributed by atoms with Crippen molar-refractivity contribution in [2.75, 3.05) is 7.11 Å². The van der Waals surface area contributed by atoms with E-state index in [9.17, 15) is 9.59 Å². The van der Waals surface area contributed by atoms with Gasteiger partial charge in [-0.25, -0.2) is 4.79 Å². The maximum atomic E-state index is 13.4. The lowest BCUT2D eigenvalue weighted by Crippen LogP contribution is -2.12. The Bertz CT molecular complexity index is 1390. The van der Waals surface area contributed by atoms with Crippen LogP contribution >= 0.6 is 0 Å². The zero-order valence-corrected chi connectivity index (χ0v) is 20.1. The lowest BCUT2D eigenvalue weighted by molar-refractivity contribution is 0.0600. The third kappa shape index (κ3) is 4.74. The summed E-state index contributed by atoms with van der Waals surface area (Å²) < 4.78 is 17.0. The van der Waals surface area contributed by atoms with Gasteiger partial charge < -0.3 is 13.9 Å². The van der Waals surface area contributed by atoms with E-state index in [2.05, 4.69) is 20.8 Å². The van der Waals surface area contributed by atoms with Crippen LogP contribution in [0.15, 0.2) is 75.9 Å². The van der Waals surface area contributed by atoms with Crippen molar-refractivity contribution in [1.82, 2.24) is 0 Å². The second-order valence-electron chi connectivity index (χ2n) is 9.39. The van der Waals surface area contributed by atoms with E-state index in [-0.39, 0.29) is 23.2 Å². The van der Waals surface area contributed by atoms with Crippen LogP contribution in [0.25, 0.3) is 22.3 Å². The van der Waals surface area contributed by atoms with E-state index in [0.29, 0.717) is 22.3 Å². The first-order valence-corrected chi connectivity index (χ1v) is 11.2. The zero-order chi connectivity index (χ0) is 24.5. The molecule has 34 heavy (non-hydrogen) atoms. The first-order chi connectivity index (χ1) is 16.2. The first kappa shape index (κ1) is 23.3. The smallest absolute Gasteiger partial charge is 0.337 e. The monoisotopic (exact) mass is 456 g/mol. The molecule has 4 rings (SSSR count). The van der Waals surface area contributed by atoms with Gasteiger partial charge in [0.15, 0.2) is 5.76 Å². The number of hydrogen-bond donors (Lipinski definition) is 0. The quantitative estimate of drug-likeness (QED) is 0.324. The lowest BCUT2D eigenvalue weighted by Gasteiger charge is -2.19. The molecule has 0 aliphatic carbocycles. The fraction of sp³-hybridized carbons (Fsp3) is 0.241. The summed E-state index contributed by atoms with van der Waals surface area (Å²) >= 11 is 0. The Morgan fingerprint density at radius 2 is 1.62 bits per heavy atom. The van der Waals surface area contributed by atoms with Gasteiger partial charge in [-0.2, -0.15) is 0 Å². The Morgan fingerprint density at radius 3 is 2.24 bits per heavy atom. The number of methoxy groups -OCH3 is 1. The molecule has 0 radical (unpaired) electrons. The number of esters is 1. The molecule has 0 fully saturated rings. The minimum Gasteiger partial charge on any atom is -0.481 e. The van der Waals surface area contributed by atoms with Crippen LogP contribution in [-0.4, -0.2) is 13.1 Å². The van der Waals surface area contributed by atoms with Crippen molar-refractivity contribution in [3.8, 4) is 17.1 Å². The molecule has 0 spiro atoms. The minimum absolute atomic E-state index is 0.00948. The molecule has 0 N–H and O–H groups in total. The molecule has 0 aliphatic rings. The maximum Gasteiger partial charge on any atom is 0.337 e. The molecule has 3 aromatic carbocycles. The summed E-state index contributed by atoms with van der Waals surface area (Å²) in [6.45, 7) is 8.57. The van der Waals surface area contributed by atoms with E-state index in [1.54, 1.807) is 30.3 Å². The van der Waals surface area contributed by atoms with Crippen molar-refractivity contribution in [1.29, 1.82) is 0 Å². The number of ether oxygens (including phenoxy) is 2. The van der Waals surface area contributed by atoms with E-state index in [4.69, 9.17) is 13.9 Å². The second-order valence-corrected chi connectivity index (χ2v) is 9.39. The number of aryl methyl sites for hydroxylation is 1. The summed E-state index contributed by atoms with van der Waals surface area (Å²) in [4.78, 5) is 25.1. The molecule has 0 amide bonds. The molecule has 1 aromatic heterocycles. The molecule has 5 nitrogen and oxygen atoms in total. The van der Waals surface area contributed by atoms with Crippen LogP contribution in [0.3, 0.4) is 0 Å². The molecule has 0 saturated carbocycles. The Labute approximate surface area is 199 Å². The fourth-order valence-corrected chi connectivity index (χ4v) is 3.74. The number of fused-ring (bicyclic) bond motifs is 1. The van der Waals surface area contributed by atoms with Gasteiger partial charge in [0.1, 0.15) is 12.2 Å².